The molecule has 0 fully saturated rings. The number of aliphatic imine (C=N–C) groups is 1. The van der Waals surface area contributed by atoms with E-state index in [9.17, 15) is 0 Å². The first-order valence-corrected chi connectivity index (χ1v) is 8.23. The maximum absolute atomic E-state index is 5.77. The van der Waals surface area contributed by atoms with E-state index in [4.69, 9.17) is 4.74 Å². The summed E-state index contributed by atoms with van der Waals surface area (Å²) < 4.78 is 5.77. The molecule has 1 heterocycles. The van der Waals surface area contributed by atoms with Crippen LogP contribution in [0.5, 0.6) is 5.75 Å². The summed E-state index contributed by atoms with van der Waals surface area (Å²) in [6.45, 7) is 6.25. The Morgan fingerprint density at radius 2 is 1.95 bits per heavy atom. The van der Waals surface area contributed by atoms with Gasteiger partial charge < -0.3 is 15.4 Å². The number of ether oxygens (including phenoxy) is 1. The average Bonchev–Trinajstić information content (AvgIpc) is 2.99. The van der Waals surface area contributed by atoms with Crippen molar-refractivity contribution in [3.63, 3.8) is 0 Å². The Balaban J connectivity index is 1.70. The highest BCUT2D eigenvalue weighted by molar-refractivity contribution is 7.09. The molecular formula is C17H23N3OS. The first-order valence-electron chi connectivity index (χ1n) is 7.35. The largest absolute Gasteiger partial charge is 0.492 e. The van der Waals surface area contributed by atoms with Crippen LogP contribution in [0.3, 0.4) is 0 Å². The minimum absolute atomic E-state index is 0.600. The number of nitrogens with one attached hydrogen (secondary N) is 2. The van der Waals surface area contributed by atoms with Gasteiger partial charge in [-0.2, -0.15) is 0 Å². The molecule has 2 rings (SSSR count). The lowest BCUT2D eigenvalue weighted by atomic mass is 10.1. The van der Waals surface area contributed by atoms with Gasteiger partial charge >= 0.3 is 0 Å². The van der Waals surface area contributed by atoms with Crippen LogP contribution in [0.25, 0.3) is 0 Å². The second kappa shape index (κ2) is 8.44. The fourth-order valence-electron chi connectivity index (χ4n) is 2.16. The summed E-state index contributed by atoms with van der Waals surface area (Å²) in [6, 6.07) is 10.4. The van der Waals surface area contributed by atoms with E-state index in [1.54, 1.807) is 18.4 Å². The van der Waals surface area contributed by atoms with Gasteiger partial charge in [0.1, 0.15) is 12.4 Å². The first kappa shape index (κ1) is 16.4. The molecular weight excluding hydrogens is 294 g/mol. The highest BCUT2D eigenvalue weighted by Gasteiger charge is 2.00. The summed E-state index contributed by atoms with van der Waals surface area (Å²) in [7, 11) is 1.77. The zero-order chi connectivity index (χ0) is 15.8. The lowest BCUT2D eigenvalue weighted by molar-refractivity contribution is 0.321. The second-order valence-corrected chi connectivity index (χ2v) is 6.14. The lowest BCUT2D eigenvalue weighted by Gasteiger charge is -2.12. The molecule has 2 N–H and O–H groups in total. The zero-order valence-electron chi connectivity index (χ0n) is 13.3. The predicted octanol–water partition coefficient (Wildman–Crippen LogP) is 3.11. The summed E-state index contributed by atoms with van der Waals surface area (Å²) in [4.78, 5) is 5.49. The van der Waals surface area contributed by atoms with E-state index in [0.717, 1.165) is 18.3 Å². The van der Waals surface area contributed by atoms with E-state index in [0.29, 0.717) is 13.2 Å². The number of thiophene rings is 1. The van der Waals surface area contributed by atoms with Crippen LogP contribution in [-0.2, 0) is 6.54 Å². The molecule has 0 aliphatic carbocycles. The molecule has 0 saturated heterocycles. The molecule has 2 aromatic rings. The molecule has 1 aromatic carbocycles. The summed E-state index contributed by atoms with van der Waals surface area (Å²) in [5.41, 5.74) is 2.44. The van der Waals surface area contributed by atoms with Crippen LogP contribution < -0.4 is 15.4 Å². The van der Waals surface area contributed by atoms with Crippen molar-refractivity contribution in [3.8, 4) is 5.75 Å². The van der Waals surface area contributed by atoms with Gasteiger partial charge in [-0.3, -0.25) is 4.99 Å². The summed E-state index contributed by atoms with van der Waals surface area (Å²) in [5, 5.41) is 8.61. The number of nitrogens with zero attached hydrogens (tertiary/aromatic N) is 1. The normalized spacial score (nSPS) is 11.3. The van der Waals surface area contributed by atoms with E-state index < -0.39 is 0 Å². The molecule has 0 amide bonds. The molecule has 0 unspecified atom stereocenters. The fraction of sp³-hybridized carbons (Fsp3) is 0.353. The van der Waals surface area contributed by atoms with Crippen LogP contribution in [0.4, 0.5) is 0 Å². The highest BCUT2D eigenvalue weighted by atomic mass is 32.1. The minimum Gasteiger partial charge on any atom is -0.492 e. The van der Waals surface area contributed by atoms with E-state index in [1.807, 2.05) is 0 Å². The molecule has 0 bridgehead atoms. The Morgan fingerprint density at radius 3 is 2.59 bits per heavy atom. The number of aryl methyl sites for hydroxylation is 2. The van der Waals surface area contributed by atoms with Crippen LogP contribution in [0.2, 0.25) is 0 Å². The van der Waals surface area contributed by atoms with Crippen LogP contribution in [-0.4, -0.2) is 26.2 Å². The third kappa shape index (κ3) is 5.41. The third-order valence-corrected chi connectivity index (χ3v) is 3.97. The molecule has 118 valence electrons. The molecule has 5 heteroatoms. The van der Waals surface area contributed by atoms with Crippen LogP contribution in [0.1, 0.15) is 16.0 Å². The number of rotatable bonds is 6. The fourth-order valence-corrected chi connectivity index (χ4v) is 2.80. The Labute approximate surface area is 136 Å². The number of hydrogen-bond donors (Lipinski definition) is 2. The Hall–Kier alpha value is -2.01. The number of benzene rings is 1. The quantitative estimate of drug-likeness (QED) is 0.489. The van der Waals surface area contributed by atoms with E-state index in [2.05, 4.69) is 65.2 Å². The molecule has 1 aromatic heterocycles. The number of guanidine groups is 1. The van der Waals surface area contributed by atoms with Crippen molar-refractivity contribution in [1.82, 2.24) is 10.6 Å². The molecule has 0 atom stereocenters. The van der Waals surface area contributed by atoms with Crippen molar-refractivity contribution in [2.75, 3.05) is 20.2 Å². The van der Waals surface area contributed by atoms with Gasteiger partial charge in [-0.15, -0.1) is 11.3 Å². The van der Waals surface area contributed by atoms with Crippen molar-refractivity contribution in [2.24, 2.45) is 4.99 Å². The summed E-state index contributed by atoms with van der Waals surface area (Å²) in [6.07, 6.45) is 0. The van der Waals surface area contributed by atoms with E-state index >= 15 is 0 Å². The second-order valence-electron chi connectivity index (χ2n) is 5.10. The maximum Gasteiger partial charge on any atom is 0.191 e. The minimum atomic E-state index is 0.600. The van der Waals surface area contributed by atoms with Crippen molar-refractivity contribution < 1.29 is 4.74 Å². The van der Waals surface area contributed by atoms with Crippen LogP contribution in [0.15, 0.2) is 40.7 Å². The Bertz CT molecular complexity index is 588. The third-order valence-electron chi connectivity index (χ3n) is 3.09. The van der Waals surface area contributed by atoms with Crippen molar-refractivity contribution >= 4 is 17.3 Å². The highest BCUT2D eigenvalue weighted by Crippen LogP contribution is 2.15. The maximum atomic E-state index is 5.77. The van der Waals surface area contributed by atoms with Gasteiger partial charge in [-0.25, -0.2) is 0 Å². The molecule has 0 aliphatic rings. The first-order chi connectivity index (χ1) is 10.7. The molecule has 4 nitrogen and oxygen atoms in total. The number of hydrogen-bond acceptors (Lipinski definition) is 3. The van der Waals surface area contributed by atoms with Gasteiger partial charge in [0.2, 0.25) is 0 Å². The van der Waals surface area contributed by atoms with Crippen LogP contribution in [0, 0.1) is 13.8 Å². The van der Waals surface area contributed by atoms with Crippen molar-refractivity contribution in [3.05, 3.63) is 51.7 Å². The molecule has 0 aliphatic heterocycles. The zero-order valence-corrected chi connectivity index (χ0v) is 14.2. The van der Waals surface area contributed by atoms with Gasteiger partial charge in [0, 0.05) is 11.9 Å². The standard InChI is InChI=1S/C17H23N3OS/c1-13-9-14(2)11-15(10-13)21-7-6-19-17(18-3)20-12-16-5-4-8-22-16/h4-5,8-11H,6-7,12H2,1-3H3,(H2,18,19,20). The monoisotopic (exact) mass is 317 g/mol. The molecule has 0 spiro atoms. The predicted molar refractivity (Wildman–Crippen MR) is 93.9 cm³/mol. The van der Waals surface area contributed by atoms with Gasteiger partial charge in [0.25, 0.3) is 0 Å². The van der Waals surface area contributed by atoms with Crippen LogP contribution >= 0.6 is 11.3 Å². The Morgan fingerprint density at radius 1 is 1.18 bits per heavy atom. The van der Waals surface area contributed by atoms with E-state index in [1.165, 1.54) is 16.0 Å². The summed E-state index contributed by atoms with van der Waals surface area (Å²) >= 11 is 1.73. The molecule has 22 heavy (non-hydrogen) atoms. The van der Waals surface area contributed by atoms with Crippen molar-refractivity contribution in [1.29, 1.82) is 0 Å². The summed E-state index contributed by atoms with van der Waals surface area (Å²) in [5.74, 6) is 1.71. The topological polar surface area (TPSA) is 45.7 Å². The Kier molecular flexibility index (Phi) is 6.27. The van der Waals surface area contributed by atoms with Gasteiger partial charge in [-0.1, -0.05) is 12.1 Å². The van der Waals surface area contributed by atoms with E-state index in [-0.39, 0.29) is 0 Å². The molecule has 0 radical (unpaired) electrons. The van der Waals surface area contributed by atoms with Gasteiger partial charge in [-0.05, 0) is 48.6 Å². The van der Waals surface area contributed by atoms with Crippen molar-refractivity contribution in [2.45, 2.75) is 20.4 Å². The SMILES string of the molecule is CN=C(NCCOc1cc(C)cc(C)c1)NCc1cccs1. The van der Waals surface area contributed by atoms with Gasteiger partial charge in [0.05, 0.1) is 13.1 Å². The molecule has 0 saturated carbocycles. The average molecular weight is 317 g/mol. The smallest absolute Gasteiger partial charge is 0.191 e. The van der Waals surface area contributed by atoms with Gasteiger partial charge in [0.15, 0.2) is 5.96 Å². The lowest BCUT2D eigenvalue weighted by Crippen LogP contribution is -2.38.